The zero-order chi connectivity index (χ0) is 56.1. The summed E-state index contributed by atoms with van der Waals surface area (Å²) in [7, 11) is 0.871. The van der Waals surface area contributed by atoms with Crippen LogP contribution in [0.25, 0.3) is 11.1 Å². The van der Waals surface area contributed by atoms with Crippen LogP contribution >= 0.6 is 0 Å². The number of nitrogens with zero attached hydrogens (tertiary/aromatic N) is 6. The average molecular weight is 1090 g/mol. The first-order valence-electron chi connectivity index (χ1n) is 24.6. The van der Waals surface area contributed by atoms with Crippen LogP contribution in [0.4, 0.5) is 46.1 Å². The summed E-state index contributed by atoms with van der Waals surface area (Å²) in [6.07, 6.45) is -4.62. The van der Waals surface area contributed by atoms with E-state index in [-0.39, 0.29) is 22.2 Å². The van der Waals surface area contributed by atoms with Crippen molar-refractivity contribution in [2.24, 2.45) is 10.8 Å². The Morgan fingerprint density at radius 3 is 1.99 bits per heavy atom. The maximum Gasteiger partial charge on any atom is 0.407 e. The molecule has 5 heterocycles. The molecule has 0 saturated carbocycles. The Balaban J connectivity index is 1.15. The van der Waals surface area contributed by atoms with Gasteiger partial charge >= 0.3 is 24.9 Å². The number of aromatic nitrogens is 3. The molecule has 18 nitrogen and oxygen atoms in total. The van der Waals surface area contributed by atoms with E-state index in [2.05, 4.69) is 47.5 Å². The maximum absolute atomic E-state index is 16.0. The van der Waals surface area contributed by atoms with E-state index in [1.54, 1.807) is 30.5 Å². The number of amides is 4. The molecule has 3 fully saturated rings. The van der Waals surface area contributed by atoms with Crippen molar-refractivity contribution >= 4 is 29.8 Å². The number of aliphatic hydroxyl groups excluding tert-OH is 1. The number of benzene rings is 2. The minimum atomic E-state index is -5.10. The molecule has 3 aliphatic rings. The van der Waals surface area contributed by atoms with Crippen molar-refractivity contribution in [2.45, 2.75) is 116 Å². The Bertz CT molecular complexity index is 2780. The molecule has 7 rings (SSSR count). The van der Waals surface area contributed by atoms with E-state index in [9.17, 15) is 51.3 Å². The third-order valence-corrected chi connectivity index (χ3v) is 14.1. The van der Waals surface area contributed by atoms with Gasteiger partial charge in [-0.15, -0.1) is 0 Å². The van der Waals surface area contributed by atoms with Crippen LogP contribution in [0, 0.1) is 34.3 Å². The van der Waals surface area contributed by atoms with Crippen LogP contribution in [0.1, 0.15) is 76.3 Å². The molecule has 6 unspecified atom stereocenters. The molecular formula is C52H61F7N10O8. The number of alkyl halides is 5. The third kappa shape index (κ3) is 13.9. The van der Waals surface area contributed by atoms with Gasteiger partial charge in [-0.3, -0.25) is 19.9 Å². The van der Waals surface area contributed by atoms with Gasteiger partial charge in [-0.25, -0.2) is 33.0 Å². The van der Waals surface area contributed by atoms with E-state index in [4.69, 9.17) is 9.72 Å². The first-order chi connectivity index (χ1) is 36.2. The number of methoxy groups -OCH3 is 1. The van der Waals surface area contributed by atoms with Crippen LogP contribution < -0.4 is 26.3 Å². The van der Waals surface area contributed by atoms with E-state index >= 15 is 8.78 Å². The van der Waals surface area contributed by atoms with Gasteiger partial charge in [-0.05, 0) is 86.1 Å². The van der Waals surface area contributed by atoms with Gasteiger partial charge < -0.3 is 40.5 Å². The highest BCUT2D eigenvalue weighted by molar-refractivity contribution is 5.87. The summed E-state index contributed by atoms with van der Waals surface area (Å²) in [5.74, 6) is 1.99. The fourth-order valence-electron chi connectivity index (χ4n) is 9.57. The number of piperazine rings is 1. The van der Waals surface area contributed by atoms with Crippen LogP contribution in [0.5, 0.6) is 0 Å². The number of ether oxygens (including phenoxy) is 2. The Labute approximate surface area is 439 Å². The molecule has 4 aromatic rings. The monoisotopic (exact) mass is 1090 g/mol. The molecule has 0 aliphatic carbocycles. The van der Waals surface area contributed by atoms with Crippen molar-refractivity contribution in [3.63, 3.8) is 0 Å². The molecule has 77 heavy (non-hydrogen) atoms. The Kier molecular flexibility index (Phi) is 17.8. The van der Waals surface area contributed by atoms with Gasteiger partial charge in [0.15, 0.2) is 0 Å². The predicted octanol–water partition coefficient (Wildman–Crippen LogP) is 5.99. The lowest BCUT2D eigenvalue weighted by Crippen LogP contribution is -2.63. The number of hydrogen-bond donors (Lipinski definition) is 6. The van der Waals surface area contributed by atoms with Crippen LogP contribution in [-0.2, 0) is 32.0 Å². The standard InChI is InChI=1S/C52H61F7N10O8/c1-50(2,3)43(63-48(73)74)46(72)65-67(25-37-38(53)18-32(19-39(37)54)33-21-61-68(22-33)47(55)56)26-41(70)40(62-45(71)44(64-49(75)76-6)51(4,5)52(57,58)59)17-30-10-7-29(8-11-30)9-12-31-13-16-42(60-20-31)66-23-34-14-15-35(24-66)69(34)36-27-77-28-36/h7-8,10-11,13,16,18-22,34-36,40-41,43-44,47,63,70H,14-15,17,23-28H2,1-6H3,(H,62,71)(H,64,75)(H,65,72)(H,73,74). The summed E-state index contributed by atoms with van der Waals surface area (Å²) in [4.78, 5) is 61.8. The van der Waals surface area contributed by atoms with E-state index in [1.807, 2.05) is 17.4 Å². The highest BCUT2D eigenvalue weighted by Crippen LogP contribution is 2.41. The summed E-state index contributed by atoms with van der Waals surface area (Å²) in [5.41, 5.74) is -1.16. The van der Waals surface area contributed by atoms with Crippen molar-refractivity contribution < 1.29 is 69.6 Å². The van der Waals surface area contributed by atoms with Crippen molar-refractivity contribution in [1.29, 1.82) is 0 Å². The number of fused-ring (bicyclic) bond motifs is 2. The topological polar surface area (TPSA) is 216 Å². The first kappa shape index (κ1) is 57.7. The number of carboxylic acid groups (broad SMARTS) is 1. The summed E-state index contributed by atoms with van der Waals surface area (Å²) in [5, 5.41) is 32.4. The van der Waals surface area contributed by atoms with Gasteiger partial charge in [0.1, 0.15) is 29.5 Å². The summed E-state index contributed by atoms with van der Waals surface area (Å²) in [6.45, 7) is 4.32. The molecule has 0 spiro atoms. The molecule has 3 aliphatic heterocycles. The zero-order valence-electron chi connectivity index (χ0n) is 43.0. The van der Waals surface area contributed by atoms with Crippen molar-refractivity contribution in [3.05, 3.63) is 101 Å². The second kappa shape index (κ2) is 23.7. The second-order valence-corrected chi connectivity index (χ2v) is 21.0. The van der Waals surface area contributed by atoms with E-state index in [0.717, 1.165) is 81.6 Å². The molecule has 2 bridgehead atoms. The van der Waals surface area contributed by atoms with Gasteiger partial charge in [0.05, 0.1) is 50.1 Å². The van der Waals surface area contributed by atoms with Gasteiger partial charge in [0, 0.05) is 72.9 Å². The number of pyridine rings is 1. The summed E-state index contributed by atoms with van der Waals surface area (Å²) >= 11 is 0. The number of carbonyl (C=O) groups excluding carboxylic acids is 3. The highest BCUT2D eigenvalue weighted by Gasteiger charge is 2.56. The lowest BCUT2D eigenvalue weighted by molar-refractivity contribution is -0.220. The maximum atomic E-state index is 16.0. The van der Waals surface area contributed by atoms with E-state index in [1.165, 1.54) is 20.8 Å². The fourth-order valence-corrected chi connectivity index (χ4v) is 9.57. The smallest absolute Gasteiger partial charge is 0.407 e. The number of rotatable bonds is 18. The first-order valence-corrected chi connectivity index (χ1v) is 24.6. The van der Waals surface area contributed by atoms with Crippen LogP contribution in [0.15, 0.2) is 67.1 Å². The average Bonchev–Trinajstić information content (AvgIpc) is 3.95. The van der Waals surface area contributed by atoms with Gasteiger partial charge in [0.25, 0.3) is 5.91 Å². The molecule has 3 saturated heterocycles. The SMILES string of the molecule is COC(=O)NC(C(=O)NC(Cc1ccc(C#Cc2ccc(N3CC4CCC(C3)N4C3COC3)nc2)cc1)C(O)CN(Cc1c(F)cc(-c2cnn(C(F)F)c2)cc1F)NC(=O)C(NC(=O)O)C(C)(C)C)C(C)(C)C(F)(F)F. The van der Waals surface area contributed by atoms with E-state index < -0.39 is 102 Å². The molecule has 25 heteroatoms. The Hall–Kier alpha value is -7.01. The summed E-state index contributed by atoms with van der Waals surface area (Å²) in [6, 6.07) is 7.69. The van der Waals surface area contributed by atoms with Crippen molar-refractivity contribution in [3.8, 4) is 23.0 Å². The minimum absolute atomic E-state index is 0.0793. The molecule has 2 aromatic carbocycles. The molecule has 416 valence electrons. The number of anilines is 1. The van der Waals surface area contributed by atoms with Crippen molar-refractivity contribution in [2.75, 3.05) is 44.9 Å². The number of hydrogen-bond acceptors (Lipinski definition) is 12. The molecule has 0 radical (unpaired) electrons. The Morgan fingerprint density at radius 1 is 0.844 bits per heavy atom. The number of hydrazine groups is 1. The lowest BCUT2D eigenvalue weighted by Gasteiger charge is -2.47. The number of halogens is 7. The fraction of sp³-hybridized carbons (Fsp3) is 0.500. The second-order valence-electron chi connectivity index (χ2n) is 21.0. The van der Waals surface area contributed by atoms with Gasteiger partial charge in [-0.2, -0.15) is 27.1 Å². The lowest BCUT2D eigenvalue weighted by atomic mass is 9.82. The van der Waals surface area contributed by atoms with Crippen LogP contribution in [0.2, 0.25) is 0 Å². The molecule has 4 amide bonds. The number of alkyl carbamates (subject to hydrolysis) is 1. The quantitative estimate of drug-likeness (QED) is 0.0385. The highest BCUT2D eigenvalue weighted by atomic mass is 19.4. The number of carbonyl (C=O) groups is 4. The summed E-state index contributed by atoms with van der Waals surface area (Å²) < 4.78 is 112. The molecule has 6 N–H and O–H groups in total. The zero-order valence-corrected chi connectivity index (χ0v) is 43.0. The molecule has 6 atom stereocenters. The Morgan fingerprint density at radius 2 is 1.47 bits per heavy atom. The van der Waals surface area contributed by atoms with Crippen LogP contribution in [-0.4, -0.2) is 147 Å². The van der Waals surface area contributed by atoms with E-state index in [0.29, 0.717) is 48.7 Å². The number of aliphatic hydroxyl groups is 1. The predicted molar refractivity (Wildman–Crippen MR) is 265 cm³/mol. The normalized spacial score (nSPS) is 18.6. The van der Waals surface area contributed by atoms with Gasteiger partial charge in [0.2, 0.25) is 5.91 Å². The van der Waals surface area contributed by atoms with Crippen molar-refractivity contribution in [1.82, 2.24) is 46.0 Å². The molecular weight excluding hydrogens is 1030 g/mol. The van der Waals surface area contributed by atoms with Crippen LogP contribution in [0.3, 0.4) is 0 Å². The minimum Gasteiger partial charge on any atom is -0.465 e. The number of nitrogens with one attached hydrogen (secondary N) is 4. The third-order valence-electron chi connectivity index (χ3n) is 14.1. The largest absolute Gasteiger partial charge is 0.465 e. The molecule has 2 aromatic heterocycles. The van der Waals surface area contributed by atoms with Gasteiger partial charge in [-0.1, -0.05) is 44.7 Å².